The highest BCUT2D eigenvalue weighted by atomic mass is 16.6. The second-order valence-corrected chi connectivity index (χ2v) is 8.03. The third kappa shape index (κ3) is 4.95. The number of rotatable bonds is 6. The number of nitrogens with zero attached hydrogens (tertiary/aromatic N) is 5. The molecule has 1 fully saturated rings. The molecular formula is C24H27N5O2. The molecule has 2 aromatic carbocycles. The van der Waals surface area contributed by atoms with E-state index in [1.807, 2.05) is 43.3 Å². The molecule has 1 aliphatic rings. The van der Waals surface area contributed by atoms with E-state index in [-0.39, 0.29) is 10.6 Å². The lowest BCUT2D eigenvalue weighted by atomic mass is 10.0. The summed E-state index contributed by atoms with van der Waals surface area (Å²) in [7, 11) is 2.15. The largest absolute Gasteiger partial charge is 0.304 e. The molecule has 0 atom stereocenters. The summed E-state index contributed by atoms with van der Waals surface area (Å²) in [6.07, 6.45) is 0.808. The summed E-state index contributed by atoms with van der Waals surface area (Å²) in [5, 5.41) is 11.3. The number of aryl methyl sites for hydroxylation is 1. The van der Waals surface area contributed by atoms with E-state index in [9.17, 15) is 10.1 Å². The molecule has 7 nitrogen and oxygen atoms in total. The van der Waals surface area contributed by atoms with Gasteiger partial charge in [-0.3, -0.25) is 10.1 Å². The Morgan fingerprint density at radius 3 is 2.39 bits per heavy atom. The molecule has 160 valence electrons. The van der Waals surface area contributed by atoms with Crippen LogP contribution in [0.25, 0.3) is 22.6 Å². The first kappa shape index (κ1) is 21.1. The van der Waals surface area contributed by atoms with Gasteiger partial charge in [-0.05, 0) is 20.4 Å². The van der Waals surface area contributed by atoms with Gasteiger partial charge in [0.25, 0.3) is 5.69 Å². The maximum Gasteiger partial charge on any atom is 0.270 e. The van der Waals surface area contributed by atoms with Crippen LogP contribution >= 0.6 is 0 Å². The van der Waals surface area contributed by atoms with Crippen LogP contribution in [0.4, 0.5) is 5.69 Å². The Balaban J connectivity index is 1.72. The number of piperazine rings is 1. The predicted molar refractivity (Wildman–Crippen MR) is 122 cm³/mol. The number of benzene rings is 2. The average Bonchev–Trinajstić information content (AvgIpc) is 2.79. The Bertz CT molecular complexity index is 1060. The second kappa shape index (κ2) is 9.32. The third-order valence-corrected chi connectivity index (χ3v) is 5.85. The molecule has 0 saturated carbocycles. The van der Waals surface area contributed by atoms with Crippen molar-refractivity contribution in [3.8, 4) is 22.6 Å². The third-order valence-electron chi connectivity index (χ3n) is 5.85. The first-order chi connectivity index (χ1) is 15.0. The fourth-order valence-corrected chi connectivity index (χ4v) is 3.96. The minimum Gasteiger partial charge on any atom is -0.304 e. The highest BCUT2D eigenvalue weighted by Crippen LogP contribution is 2.29. The van der Waals surface area contributed by atoms with E-state index in [2.05, 4.69) is 16.8 Å². The summed E-state index contributed by atoms with van der Waals surface area (Å²) in [5.74, 6) is 0.642. The maximum absolute atomic E-state index is 11.3. The van der Waals surface area contributed by atoms with E-state index >= 15 is 0 Å². The zero-order chi connectivity index (χ0) is 21.8. The standard InChI is InChI=1S/C24H27N5O2/c1-18-22(11-12-28-15-13-27(2)14-16-28)23(20-9-6-10-21(17-20)29(30)31)26-24(25-18)19-7-4-3-5-8-19/h3-10,17H,11-16H2,1-2H3. The van der Waals surface area contributed by atoms with Gasteiger partial charge in [-0.25, -0.2) is 9.97 Å². The fourth-order valence-electron chi connectivity index (χ4n) is 3.96. The smallest absolute Gasteiger partial charge is 0.270 e. The molecule has 1 aromatic heterocycles. The van der Waals surface area contributed by atoms with Crippen LogP contribution in [0.2, 0.25) is 0 Å². The van der Waals surface area contributed by atoms with Crippen molar-refractivity contribution in [2.24, 2.45) is 0 Å². The number of nitro groups is 1. The fraction of sp³-hybridized carbons (Fsp3) is 0.333. The normalized spacial score (nSPS) is 15.2. The Kier molecular flexibility index (Phi) is 6.34. The van der Waals surface area contributed by atoms with Crippen LogP contribution < -0.4 is 0 Å². The maximum atomic E-state index is 11.3. The lowest BCUT2D eigenvalue weighted by Gasteiger charge is -2.32. The van der Waals surface area contributed by atoms with Gasteiger partial charge in [-0.2, -0.15) is 0 Å². The number of aromatic nitrogens is 2. The minimum atomic E-state index is -0.362. The highest BCUT2D eigenvalue weighted by molar-refractivity contribution is 5.69. The van der Waals surface area contributed by atoms with Crippen molar-refractivity contribution in [3.05, 3.63) is 76.0 Å². The number of likely N-dealkylation sites (N-methyl/N-ethyl adjacent to an activating group) is 1. The van der Waals surface area contributed by atoms with E-state index in [1.165, 1.54) is 6.07 Å². The Morgan fingerprint density at radius 1 is 0.968 bits per heavy atom. The predicted octanol–water partition coefficient (Wildman–Crippen LogP) is 3.82. The molecule has 1 aliphatic heterocycles. The Morgan fingerprint density at radius 2 is 1.68 bits per heavy atom. The molecule has 0 radical (unpaired) electrons. The minimum absolute atomic E-state index is 0.0695. The summed E-state index contributed by atoms with van der Waals surface area (Å²) < 4.78 is 0. The molecule has 0 unspecified atom stereocenters. The zero-order valence-electron chi connectivity index (χ0n) is 18.0. The summed E-state index contributed by atoms with van der Waals surface area (Å²) in [5.41, 5.74) is 4.51. The summed E-state index contributed by atoms with van der Waals surface area (Å²) in [6, 6.07) is 16.6. The van der Waals surface area contributed by atoms with Crippen LogP contribution in [0.3, 0.4) is 0 Å². The van der Waals surface area contributed by atoms with Crippen LogP contribution in [0, 0.1) is 17.0 Å². The molecule has 0 spiro atoms. The van der Waals surface area contributed by atoms with Crippen LogP contribution in [0.15, 0.2) is 54.6 Å². The van der Waals surface area contributed by atoms with Crippen molar-refractivity contribution >= 4 is 5.69 Å². The average molecular weight is 418 g/mol. The number of nitro benzene ring substituents is 1. The molecule has 3 aromatic rings. The first-order valence-electron chi connectivity index (χ1n) is 10.6. The van der Waals surface area contributed by atoms with Crippen molar-refractivity contribution in [2.75, 3.05) is 39.8 Å². The van der Waals surface area contributed by atoms with E-state index in [4.69, 9.17) is 9.97 Å². The van der Waals surface area contributed by atoms with Gasteiger partial charge in [0.15, 0.2) is 5.82 Å². The molecule has 1 saturated heterocycles. The molecule has 31 heavy (non-hydrogen) atoms. The van der Waals surface area contributed by atoms with Gasteiger partial charge in [-0.1, -0.05) is 42.5 Å². The summed E-state index contributed by atoms with van der Waals surface area (Å²) >= 11 is 0. The quantitative estimate of drug-likeness (QED) is 0.448. The van der Waals surface area contributed by atoms with Crippen molar-refractivity contribution < 1.29 is 4.92 Å². The molecule has 0 N–H and O–H groups in total. The molecule has 0 amide bonds. The zero-order valence-corrected chi connectivity index (χ0v) is 18.0. The molecule has 0 bridgehead atoms. The first-order valence-corrected chi connectivity index (χ1v) is 10.6. The van der Waals surface area contributed by atoms with E-state index < -0.39 is 0 Å². The summed E-state index contributed by atoms with van der Waals surface area (Å²) in [4.78, 5) is 25.5. The van der Waals surface area contributed by atoms with Crippen molar-refractivity contribution in [1.82, 2.24) is 19.8 Å². The van der Waals surface area contributed by atoms with Crippen molar-refractivity contribution in [2.45, 2.75) is 13.3 Å². The molecule has 2 heterocycles. The van der Waals surface area contributed by atoms with Gasteiger partial charge in [0.05, 0.1) is 10.6 Å². The number of hydrogen-bond acceptors (Lipinski definition) is 6. The van der Waals surface area contributed by atoms with E-state index in [1.54, 1.807) is 12.1 Å². The lowest BCUT2D eigenvalue weighted by molar-refractivity contribution is -0.384. The number of non-ortho nitro benzene ring substituents is 1. The molecule has 7 heteroatoms. The van der Waals surface area contributed by atoms with Crippen molar-refractivity contribution in [1.29, 1.82) is 0 Å². The number of hydrogen-bond donors (Lipinski definition) is 0. The van der Waals surface area contributed by atoms with Crippen LogP contribution in [0.5, 0.6) is 0 Å². The van der Waals surface area contributed by atoms with Gasteiger partial charge in [0.2, 0.25) is 0 Å². The van der Waals surface area contributed by atoms with Gasteiger partial charge in [0, 0.05) is 67.2 Å². The van der Waals surface area contributed by atoms with Gasteiger partial charge in [-0.15, -0.1) is 0 Å². The second-order valence-electron chi connectivity index (χ2n) is 8.03. The van der Waals surface area contributed by atoms with Gasteiger partial charge >= 0.3 is 0 Å². The molecule has 0 aliphatic carbocycles. The molecule has 4 rings (SSSR count). The van der Waals surface area contributed by atoms with E-state index in [0.29, 0.717) is 5.82 Å². The SMILES string of the molecule is Cc1nc(-c2ccccc2)nc(-c2cccc([N+](=O)[O-])c2)c1CCN1CCN(C)CC1. The highest BCUT2D eigenvalue weighted by Gasteiger charge is 2.19. The van der Waals surface area contributed by atoms with Gasteiger partial charge in [0.1, 0.15) is 0 Å². The van der Waals surface area contributed by atoms with Crippen LogP contribution in [-0.4, -0.2) is 64.5 Å². The Hall–Kier alpha value is -3.16. The molecular weight excluding hydrogens is 390 g/mol. The monoisotopic (exact) mass is 417 g/mol. The topological polar surface area (TPSA) is 75.4 Å². The van der Waals surface area contributed by atoms with Crippen LogP contribution in [-0.2, 0) is 6.42 Å². The lowest BCUT2D eigenvalue weighted by Crippen LogP contribution is -2.45. The van der Waals surface area contributed by atoms with Crippen LogP contribution in [0.1, 0.15) is 11.3 Å². The van der Waals surface area contributed by atoms with Crippen molar-refractivity contribution in [3.63, 3.8) is 0 Å². The van der Waals surface area contributed by atoms with E-state index in [0.717, 1.165) is 67.2 Å². The van der Waals surface area contributed by atoms with Gasteiger partial charge < -0.3 is 9.80 Å². The Labute approximate surface area is 182 Å². The summed E-state index contributed by atoms with van der Waals surface area (Å²) in [6.45, 7) is 7.16.